The number of hydrogen-bond donors (Lipinski definition) is 0. The summed E-state index contributed by atoms with van der Waals surface area (Å²) in [7, 11) is 0. The summed E-state index contributed by atoms with van der Waals surface area (Å²) in [6.45, 7) is 0. The van der Waals surface area contributed by atoms with Gasteiger partial charge in [0, 0.05) is 8.59 Å². The molecule has 128 valence electrons. The number of carbonyl (C=O) groups excluding carboxylic acids is 2. The number of rotatable bonds is 3. The van der Waals surface area contributed by atoms with Crippen LogP contribution in [0.25, 0.3) is 0 Å². The molecule has 0 aliphatic carbocycles. The van der Waals surface area contributed by atoms with Gasteiger partial charge in [-0.1, -0.05) is 11.6 Å². The Bertz CT molecular complexity index is 1020. The van der Waals surface area contributed by atoms with Crippen LogP contribution in [0.4, 0.5) is 5.69 Å². The summed E-state index contributed by atoms with van der Waals surface area (Å²) in [5.74, 6) is 0.606. The Labute approximate surface area is 168 Å². The third-order valence-corrected chi connectivity index (χ3v) is 4.95. The van der Waals surface area contributed by atoms with E-state index in [-0.39, 0.29) is 11.8 Å². The number of carbonyl (C=O) groups is 2. The highest BCUT2D eigenvalue weighted by molar-refractivity contribution is 14.1. The summed E-state index contributed by atoms with van der Waals surface area (Å²) in [6.07, 6.45) is 0. The zero-order chi connectivity index (χ0) is 18.3. The molecule has 26 heavy (non-hydrogen) atoms. The fourth-order valence-electron chi connectivity index (χ4n) is 2.75. The lowest BCUT2D eigenvalue weighted by Crippen LogP contribution is -2.29. The van der Waals surface area contributed by atoms with Gasteiger partial charge in [-0.2, -0.15) is 0 Å². The van der Waals surface area contributed by atoms with E-state index in [2.05, 4.69) is 22.6 Å². The number of hydrogen-bond acceptors (Lipinski definition) is 3. The van der Waals surface area contributed by atoms with Gasteiger partial charge in [-0.3, -0.25) is 9.59 Å². The molecule has 2 amide bonds. The van der Waals surface area contributed by atoms with Crippen molar-refractivity contribution in [2.45, 2.75) is 0 Å². The molecule has 0 aromatic heterocycles. The summed E-state index contributed by atoms with van der Waals surface area (Å²) in [6, 6.07) is 19.2. The van der Waals surface area contributed by atoms with Crippen molar-refractivity contribution >= 4 is 51.7 Å². The molecule has 0 saturated carbocycles. The van der Waals surface area contributed by atoms with E-state index in [1.54, 1.807) is 36.4 Å². The SMILES string of the molecule is O=C1c2ccc(Cl)cc2C(=O)N1c1ccc(Oc2ccc(I)cc2)cc1. The van der Waals surface area contributed by atoms with Crippen molar-refractivity contribution in [3.63, 3.8) is 0 Å². The molecule has 0 radical (unpaired) electrons. The van der Waals surface area contributed by atoms with E-state index in [0.717, 1.165) is 8.47 Å². The Morgan fingerprint density at radius 2 is 1.35 bits per heavy atom. The van der Waals surface area contributed by atoms with Gasteiger partial charge >= 0.3 is 0 Å². The maximum Gasteiger partial charge on any atom is 0.266 e. The van der Waals surface area contributed by atoms with Crippen LogP contribution in [0.3, 0.4) is 0 Å². The zero-order valence-electron chi connectivity index (χ0n) is 13.3. The second-order valence-electron chi connectivity index (χ2n) is 5.69. The van der Waals surface area contributed by atoms with Gasteiger partial charge in [-0.05, 0) is 89.3 Å². The summed E-state index contributed by atoms with van der Waals surface area (Å²) < 4.78 is 6.89. The zero-order valence-corrected chi connectivity index (χ0v) is 16.2. The summed E-state index contributed by atoms with van der Waals surface area (Å²) in [5, 5.41) is 0.424. The Kier molecular flexibility index (Phi) is 4.42. The highest BCUT2D eigenvalue weighted by atomic mass is 127. The third kappa shape index (κ3) is 3.08. The second-order valence-corrected chi connectivity index (χ2v) is 7.37. The number of benzene rings is 3. The first-order chi connectivity index (χ1) is 12.5. The van der Waals surface area contributed by atoms with E-state index in [9.17, 15) is 9.59 Å². The van der Waals surface area contributed by atoms with Crippen LogP contribution in [0.15, 0.2) is 66.7 Å². The van der Waals surface area contributed by atoms with E-state index >= 15 is 0 Å². The van der Waals surface area contributed by atoms with Gasteiger partial charge in [0.2, 0.25) is 0 Å². The van der Waals surface area contributed by atoms with Gasteiger partial charge in [0.05, 0.1) is 16.8 Å². The van der Waals surface area contributed by atoms with Crippen LogP contribution in [0, 0.1) is 3.57 Å². The molecule has 0 unspecified atom stereocenters. The Morgan fingerprint density at radius 3 is 2.00 bits per heavy atom. The molecule has 3 aromatic carbocycles. The number of halogens is 2. The Morgan fingerprint density at radius 1 is 0.769 bits per heavy atom. The Balaban J connectivity index is 1.58. The van der Waals surface area contributed by atoms with Crippen molar-refractivity contribution in [3.05, 3.63) is 86.4 Å². The molecule has 0 fully saturated rings. The predicted molar refractivity (Wildman–Crippen MR) is 108 cm³/mol. The average molecular weight is 476 g/mol. The molecular weight excluding hydrogens is 465 g/mol. The minimum Gasteiger partial charge on any atom is -0.457 e. The first-order valence-corrected chi connectivity index (χ1v) is 9.20. The number of ether oxygens (including phenoxy) is 1. The topological polar surface area (TPSA) is 46.6 Å². The summed E-state index contributed by atoms with van der Waals surface area (Å²) >= 11 is 8.16. The van der Waals surface area contributed by atoms with Crippen LogP contribution in [0.1, 0.15) is 20.7 Å². The molecular formula is C20H11ClINO3. The fraction of sp³-hybridized carbons (Fsp3) is 0. The number of amides is 2. The van der Waals surface area contributed by atoms with Crippen LogP contribution in [-0.2, 0) is 0 Å². The van der Waals surface area contributed by atoms with E-state index in [0.29, 0.717) is 33.3 Å². The number of fused-ring (bicyclic) bond motifs is 1. The second kappa shape index (κ2) is 6.74. The lowest BCUT2D eigenvalue weighted by atomic mass is 10.1. The van der Waals surface area contributed by atoms with Crippen LogP contribution >= 0.6 is 34.2 Å². The van der Waals surface area contributed by atoms with Crippen LogP contribution in [-0.4, -0.2) is 11.8 Å². The van der Waals surface area contributed by atoms with Crippen LogP contribution < -0.4 is 9.64 Å². The fourth-order valence-corrected chi connectivity index (χ4v) is 3.28. The minimum atomic E-state index is -0.376. The number of imide groups is 1. The van der Waals surface area contributed by atoms with Crippen molar-refractivity contribution < 1.29 is 14.3 Å². The molecule has 0 N–H and O–H groups in total. The van der Waals surface area contributed by atoms with Gasteiger partial charge in [0.1, 0.15) is 11.5 Å². The van der Waals surface area contributed by atoms with Gasteiger partial charge in [-0.25, -0.2) is 4.90 Å². The Hall–Kier alpha value is -2.38. The monoisotopic (exact) mass is 475 g/mol. The summed E-state index contributed by atoms with van der Waals surface area (Å²) in [5.41, 5.74) is 1.17. The van der Waals surface area contributed by atoms with Crippen molar-refractivity contribution in [2.75, 3.05) is 4.90 Å². The normalized spacial score (nSPS) is 13.1. The average Bonchev–Trinajstić information content (AvgIpc) is 2.88. The van der Waals surface area contributed by atoms with Gasteiger partial charge in [0.25, 0.3) is 11.8 Å². The largest absolute Gasteiger partial charge is 0.457 e. The molecule has 1 heterocycles. The molecule has 0 spiro atoms. The summed E-state index contributed by atoms with van der Waals surface area (Å²) in [4.78, 5) is 26.3. The van der Waals surface area contributed by atoms with E-state index in [1.165, 1.54) is 6.07 Å². The van der Waals surface area contributed by atoms with E-state index < -0.39 is 0 Å². The van der Waals surface area contributed by atoms with Gasteiger partial charge in [-0.15, -0.1) is 0 Å². The highest BCUT2D eigenvalue weighted by Gasteiger charge is 2.36. The molecule has 4 nitrogen and oxygen atoms in total. The van der Waals surface area contributed by atoms with Crippen molar-refractivity contribution in [3.8, 4) is 11.5 Å². The molecule has 0 bridgehead atoms. The quantitative estimate of drug-likeness (QED) is 0.369. The predicted octanol–water partition coefficient (Wildman–Crippen LogP) is 5.54. The van der Waals surface area contributed by atoms with Gasteiger partial charge in [0.15, 0.2) is 0 Å². The lowest BCUT2D eigenvalue weighted by Gasteiger charge is -2.14. The standard InChI is InChI=1S/C20H11ClINO3/c21-12-1-10-17-18(11-12)20(25)23(19(17)24)14-4-8-16(9-5-14)26-15-6-2-13(22)3-7-15/h1-11H. The lowest BCUT2D eigenvalue weighted by molar-refractivity contribution is 0.0926. The van der Waals surface area contributed by atoms with Gasteiger partial charge < -0.3 is 4.74 Å². The molecule has 0 saturated heterocycles. The van der Waals surface area contributed by atoms with Crippen molar-refractivity contribution in [2.24, 2.45) is 0 Å². The number of nitrogens with zero attached hydrogens (tertiary/aromatic N) is 1. The smallest absolute Gasteiger partial charge is 0.266 e. The molecule has 4 rings (SSSR count). The first-order valence-electron chi connectivity index (χ1n) is 7.75. The van der Waals surface area contributed by atoms with E-state index in [1.807, 2.05) is 24.3 Å². The van der Waals surface area contributed by atoms with Crippen molar-refractivity contribution in [1.82, 2.24) is 0 Å². The molecule has 0 atom stereocenters. The maximum atomic E-state index is 12.6. The molecule has 6 heteroatoms. The molecule has 1 aliphatic heterocycles. The number of anilines is 1. The van der Waals surface area contributed by atoms with E-state index in [4.69, 9.17) is 16.3 Å². The third-order valence-electron chi connectivity index (χ3n) is 3.99. The molecule has 1 aliphatic rings. The highest BCUT2D eigenvalue weighted by Crippen LogP contribution is 2.32. The van der Waals surface area contributed by atoms with Crippen molar-refractivity contribution in [1.29, 1.82) is 0 Å². The molecule has 3 aromatic rings. The first kappa shape index (κ1) is 17.1. The van der Waals surface area contributed by atoms with Crippen LogP contribution in [0.5, 0.6) is 11.5 Å². The van der Waals surface area contributed by atoms with Crippen LogP contribution in [0.2, 0.25) is 5.02 Å². The maximum absolute atomic E-state index is 12.6. The minimum absolute atomic E-state index is 0.321.